The second kappa shape index (κ2) is 9.31. The minimum atomic E-state index is -0.197. The van der Waals surface area contributed by atoms with Gasteiger partial charge in [-0.25, -0.2) is 0 Å². The third kappa shape index (κ3) is 6.20. The number of ether oxygens (including phenoxy) is 1. The number of halogens is 2. The molecule has 27 heavy (non-hydrogen) atoms. The Morgan fingerprint density at radius 3 is 2.19 bits per heavy atom. The van der Waals surface area contributed by atoms with E-state index in [9.17, 15) is 4.79 Å². The quantitative estimate of drug-likeness (QED) is 0.540. The fraction of sp³-hybridized carbons (Fsp3) is 0.0952. The molecule has 4 nitrogen and oxygen atoms in total. The maximum absolute atomic E-state index is 12.1. The van der Waals surface area contributed by atoms with Crippen molar-refractivity contribution in [2.24, 2.45) is 0 Å². The molecule has 0 radical (unpaired) electrons. The van der Waals surface area contributed by atoms with Crippen LogP contribution in [0.25, 0.3) is 0 Å². The molecule has 2 N–H and O–H groups in total. The zero-order valence-corrected chi connectivity index (χ0v) is 15.9. The number of carbonyl (C=O) groups is 1. The van der Waals surface area contributed by atoms with Gasteiger partial charge in [-0.15, -0.1) is 0 Å². The molecule has 0 heterocycles. The van der Waals surface area contributed by atoms with E-state index in [1.165, 1.54) is 0 Å². The summed E-state index contributed by atoms with van der Waals surface area (Å²) in [5.41, 5.74) is 2.49. The van der Waals surface area contributed by atoms with E-state index in [1.807, 2.05) is 54.6 Å². The second-order valence-electron chi connectivity index (χ2n) is 5.86. The molecule has 0 aliphatic heterocycles. The monoisotopic (exact) mass is 400 g/mol. The van der Waals surface area contributed by atoms with E-state index in [1.54, 1.807) is 18.2 Å². The average molecular weight is 401 g/mol. The zero-order chi connectivity index (χ0) is 19.1. The molecular weight excluding hydrogens is 383 g/mol. The van der Waals surface area contributed by atoms with Gasteiger partial charge in [-0.3, -0.25) is 4.79 Å². The largest absolute Gasteiger partial charge is 0.489 e. The highest BCUT2D eigenvalue weighted by Crippen LogP contribution is 2.22. The van der Waals surface area contributed by atoms with E-state index in [4.69, 9.17) is 27.9 Å². The van der Waals surface area contributed by atoms with Crippen LogP contribution in [0.1, 0.15) is 5.56 Å². The van der Waals surface area contributed by atoms with Crippen LogP contribution in [0.15, 0.2) is 72.8 Å². The highest BCUT2D eigenvalue weighted by molar-refractivity contribution is 6.35. The minimum absolute atomic E-state index is 0.119. The van der Waals surface area contributed by atoms with Gasteiger partial charge in [0, 0.05) is 21.4 Å². The minimum Gasteiger partial charge on any atom is -0.489 e. The summed E-state index contributed by atoms with van der Waals surface area (Å²) < 4.78 is 5.74. The summed E-state index contributed by atoms with van der Waals surface area (Å²) in [6.07, 6.45) is 0. The van der Waals surface area contributed by atoms with Crippen molar-refractivity contribution in [2.45, 2.75) is 6.61 Å². The van der Waals surface area contributed by atoms with Crippen LogP contribution in [0.4, 0.5) is 11.4 Å². The van der Waals surface area contributed by atoms with Gasteiger partial charge in [-0.2, -0.15) is 0 Å². The van der Waals surface area contributed by atoms with Crippen molar-refractivity contribution in [1.82, 2.24) is 0 Å². The topological polar surface area (TPSA) is 50.4 Å². The van der Waals surface area contributed by atoms with Gasteiger partial charge in [-0.1, -0.05) is 53.5 Å². The molecule has 0 unspecified atom stereocenters. The molecule has 3 aromatic rings. The molecule has 0 saturated carbocycles. The zero-order valence-electron chi connectivity index (χ0n) is 14.4. The summed E-state index contributed by atoms with van der Waals surface area (Å²) in [4.78, 5) is 12.1. The van der Waals surface area contributed by atoms with Crippen molar-refractivity contribution in [3.8, 4) is 5.75 Å². The molecule has 0 bridgehead atoms. The van der Waals surface area contributed by atoms with E-state index in [0.29, 0.717) is 22.3 Å². The van der Waals surface area contributed by atoms with Gasteiger partial charge in [0.1, 0.15) is 12.4 Å². The second-order valence-corrected chi connectivity index (χ2v) is 6.73. The van der Waals surface area contributed by atoms with Crippen molar-refractivity contribution in [1.29, 1.82) is 0 Å². The normalized spacial score (nSPS) is 10.3. The van der Waals surface area contributed by atoms with Gasteiger partial charge in [0.05, 0.1) is 6.54 Å². The van der Waals surface area contributed by atoms with Crippen molar-refractivity contribution >= 4 is 40.5 Å². The van der Waals surface area contributed by atoms with E-state index >= 15 is 0 Å². The maximum Gasteiger partial charge on any atom is 0.243 e. The first-order chi connectivity index (χ1) is 13.1. The molecule has 1 amide bonds. The number of rotatable bonds is 7. The molecule has 3 rings (SSSR count). The van der Waals surface area contributed by atoms with Gasteiger partial charge >= 0.3 is 0 Å². The molecule has 0 aliphatic carbocycles. The summed E-state index contributed by atoms with van der Waals surface area (Å²) in [6, 6.07) is 22.3. The molecule has 0 spiro atoms. The third-order valence-electron chi connectivity index (χ3n) is 3.70. The van der Waals surface area contributed by atoms with E-state index in [2.05, 4.69) is 10.6 Å². The summed E-state index contributed by atoms with van der Waals surface area (Å²) in [5, 5.41) is 6.75. The molecule has 0 aliphatic rings. The van der Waals surface area contributed by atoms with Crippen molar-refractivity contribution < 1.29 is 9.53 Å². The smallest absolute Gasteiger partial charge is 0.243 e. The van der Waals surface area contributed by atoms with Crippen LogP contribution in [-0.4, -0.2) is 12.5 Å². The van der Waals surface area contributed by atoms with Crippen LogP contribution < -0.4 is 15.4 Å². The summed E-state index contributed by atoms with van der Waals surface area (Å²) in [5.74, 6) is 0.570. The number of benzene rings is 3. The number of hydrogen-bond acceptors (Lipinski definition) is 3. The Hall–Kier alpha value is -2.69. The highest BCUT2D eigenvalue weighted by atomic mass is 35.5. The molecule has 138 valence electrons. The van der Waals surface area contributed by atoms with Crippen LogP contribution in [0.3, 0.4) is 0 Å². The average Bonchev–Trinajstić information content (AvgIpc) is 2.65. The summed E-state index contributed by atoms with van der Waals surface area (Å²) >= 11 is 11.8. The number of nitrogens with one attached hydrogen (secondary N) is 2. The standard InChI is InChI=1S/C21H18Cl2N2O2/c22-16-10-17(23)12-19(11-16)25-21(26)13-24-18-6-8-20(9-7-18)27-14-15-4-2-1-3-5-15/h1-12,24H,13-14H2,(H,25,26). The van der Waals surface area contributed by atoms with Gasteiger partial charge in [0.25, 0.3) is 0 Å². The molecule has 0 saturated heterocycles. The molecule has 6 heteroatoms. The van der Waals surface area contributed by atoms with Crippen LogP contribution in [-0.2, 0) is 11.4 Å². The van der Waals surface area contributed by atoms with Gasteiger partial charge in [0.15, 0.2) is 0 Å². The van der Waals surface area contributed by atoms with Crippen LogP contribution >= 0.6 is 23.2 Å². The summed E-state index contributed by atoms with van der Waals surface area (Å²) in [7, 11) is 0. The fourth-order valence-electron chi connectivity index (χ4n) is 2.42. The maximum atomic E-state index is 12.1. The number of amides is 1. The summed E-state index contributed by atoms with van der Waals surface area (Å²) in [6.45, 7) is 0.632. The Morgan fingerprint density at radius 2 is 1.52 bits per heavy atom. The van der Waals surface area contributed by atoms with Gasteiger partial charge in [-0.05, 0) is 48.0 Å². The van der Waals surface area contributed by atoms with E-state index in [-0.39, 0.29) is 12.5 Å². The molecule has 0 fully saturated rings. The fourth-order valence-corrected chi connectivity index (χ4v) is 2.95. The molecule has 3 aromatic carbocycles. The van der Waals surface area contributed by atoms with Crippen molar-refractivity contribution in [3.63, 3.8) is 0 Å². The Labute approximate surface area is 168 Å². The highest BCUT2D eigenvalue weighted by Gasteiger charge is 2.05. The lowest BCUT2D eigenvalue weighted by atomic mass is 10.2. The first kappa shape index (κ1) is 19.1. The number of anilines is 2. The van der Waals surface area contributed by atoms with Crippen LogP contribution in [0, 0.1) is 0 Å². The molecular formula is C21H18Cl2N2O2. The Bertz CT molecular complexity index is 880. The number of carbonyl (C=O) groups excluding carboxylic acids is 1. The Balaban J connectivity index is 1.47. The lowest BCUT2D eigenvalue weighted by molar-refractivity contribution is -0.114. The Morgan fingerprint density at radius 1 is 0.852 bits per heavy atom. The lowest BCUT2D eigenvalue weighted by Crippen LogP contribution is -2.21. The molecule has 0 atom stereocenters. The van der Waals surface area contributed by atoms with Crippen molar-refractivity contribution in [3.05, 3.63) is 88.4 Å². The predicted molar refractivity (Wildman–Crippen MR) is 111 cm³/mol. The molecule has 0 aromatic heterocycles. The van der Waals surface area contributed by atoms with Crippen LogP contribution in [0.5, 0.6) is 5.75 Å². The first-order valence-corrected chi connectivity index (χ1v) is 9.11. The SMILES string of the molecule is O=C(CNc1ccc(OCc2ccccc2)cc1)Nc1cc(Cl)cc(Cl)c1. The van der Waals surface area contributed by atoms with Crippen molar-refractivity contribution in [2.75, 3.05) is 17.2 Å². The van der Waals surface area contributed by atoms with Crippen LogP contribution in [0.2, 0.25) is 10.0 Å². The van der Waals surface area contributed by atoms with E-state index in [0.717, 1.165) is 17.0 Å². The lowest BCUT2D eigenvalue weighted by Gasteiger charge is -2.10. The Kier molecular flexibility index (Phi) is 6.58. The van der Waals surface area contributed by atoms with Gasteiger partial charge in [0.2, 0.25) is 5.91 Å². The number of hydrogen-bond donors (Lipinski definition) is 2. The predicted octanol–water partition coefficient (Wildman–Crippen LogP) is 5.62. The first-order valence-electron chi connectivity index (χ1n) is 8.35. The third-order valence-corrected chi connectivity index (χ3v) is 4.14. The van der Waals surface area contributed by atoms with E-state index < -0.39 is 0 Å². The van der Waals surface area contributed by atoms with Gasteiger partial charge < -0.3 is 15.4 Å².